The molecule has 0 aliphatic rings. The molecule has 4 aromatic rings. The summed E-state index contributed by atoms with van der Waals surface area (Å²) in [5.74, 6) is 0.0205. The van der Waals surface area contributed by atoms with Crippen LogP contribution in [0.25, 0.3) is 18.2 Å². The lowest BCUT2D eigenvalue weighted by Crippen LogP contribution is -1.92. The van der Waals surface area contributed by atoms with E-state index in [1.165, 1.54) is 0 Å². The first kappa shape index (κ1) is 24.1. The van der Waals surface area contributed by atoms with Gasteiger partial charge in [0, 0.05) is 5.56 Å². The summed E-state index contributed by atoms with van der Waals surface area (Å²) in [6, 6.07) is 38.6. The number of carbonyl (C=O) groups is 2. The normalized spacial score (nSPS) is 10.8. The second kappa shape index (κ2) is 13.8. The fourth-order valence-electron chi connectivity index (χ4n) is 2.98. The fourth-order valence-corrected chi connectivity index (χ4v) is 2.98. The summed E-state index contributed by atoms with van der Waals surface area (Å²) in [5.41, 5.74) is 3.80. The van der Waals surface area contributed by atoms with Crippen LogP contribution in [0.4, 0.5) is 0 Å². The average molecular weight is 443 g/mol. The second-order valence-corrected chi connectivity index (χ2v) is 7.36. The third-order valence-electron chi connectivity index (χ3n) is 4.76. The number of carbonyl (C=O) groups excluding carboxylic acids is 2. The molecule has 0 heterocycles. The third kappa shape index (κ3) is 8.89. The Hall–Kier alpha value is -4.56. The van der Waals surface area contributed by atoms with Crippen LogP contribution in [0.15, 0.2) is 140 Å². The van der Waals surface area contributed by atoms with Crippen molar-refractivity contribution in [2.24, 2.45) is 0 Å². The van der Waals surface area contributed by atoms with Gasteiger partial charge >= 0.3 is 0 Å². The van der Waals surface area contributed by atoms with E-state index in [0.717, 1.165) is 22.3 Å². The molecule has 2 heteroatoms. The Balaban J connectivity index is 0.000000192. The van der Waals surface area contributed by atoms with Gasteiger partial charge in [0.25, 0.3) is 0 Å². The molecule has 0 fully saturated rings. The van der Waals surface area contributed by atoms with Crippen molar-refractivity contribution in [2.45, 2.75) is 0 Å². The number of hydrogen-bond donors (Lipinski definition) is 0. The number of benzene rings is 4. The van der Waals surface area contributed by atoms with Crippen molar-refractivity contribution >= 4 is 29.8 Å². The molecule has 0 unspecified atom stereocenters. The van der Waals surface area contributed by atoms with Crippen LogP contribution >= 0.6 is 0 Å². The molecule has 2 nitrogen and oxygen atoms in total. The zero-order valence-corrected chi connectivity index (χ0v) is 18.8. The van der Waals surface area contributed by atoms with E-state index < -0.39 is 0 Å². The molecule has 0 saturated heterocycles. The maximum atomic E-state index is 11.7. The SMILES string of the molecule is O=C(/C=C/c1ccccc1)/C=C/c1ccccc1.O=C(C=Cc1ccccc1)c1ccccc1. The molecule has 0 aliphatic heterocycles. The van der Waals surface area contributed by atoms with Gasteiger partial charge in [-0.05, 0) is 34.9 Å². The zero-order valence-electron chi connectivity index (χ0n) is 18.8. The second-order valence-electron chi connectivity index (χ2n) is 7.36. The molecule has 0 atom stereocenters. The number of allylic oxidation sites excluding steroid dienone is 3. The Morgan fingerprint density at radius 3 is 1.12 bits per heavy atom. The largest absolute Gasteiger partial charge is 0.290 e. The van der Waals surface area contributed by atoms with E-state index >= 15 is 0 Å². The Kier molecular flexibility index (Phi) is 9.75. The standard InChI is InChI=1S/C17H14O.C15H12O/c18-17(13-11-15-7-3-1-4-8-15)14-12-16-9-5-2-6-10-16;16-15(14-9-5-2-6-10-14)12-11-13-7-3-1-4-8-13/h1-14H;1-12H/b13-11+,14-12+;. The van der Waals surface area contributed by atoms with Crippen LogP contribution < -0.4 is 0 Å². The minimum absolute atomic E-state index is 0.0114. The van der Waals surface area contributed by atoms with Gasteiger partial charge in [0.15, 0.2) is 11.6 Å². The average Bonchev–Trinajstić information content (AvgIpc) is 2.92. The van der Waals surface area contributed by atoms with Crippen molar-refractivity contribution in [3.05, 3.63) is 162 Å². The molecule has 34 heavy (non-hydrogen) atoms. The maximum Gasteiger partial charge on any atom is 0.185 e. The quantitative estimate of drug-likeness (QED) is 0.218. The molecule has 0 aromatic heterocycles. The van der Waals surface area contributed by atoms with Crippen LogP contribution in [0.3, 0.4) is 0 Å². The summed E-state index contributed by atoms with van der Waals surface area (Å²) in [4.78, 5) is 23.3. The lowest BCUT2D eigenvalue weighted by molar-refractivity contribution is -0.110. The molecular formula is C32H26O2. The lowest BCUT2D eigenvalue weighted by atomic mass is 10.1. The first-order valence-electron chi connectivity index (χ1n) is 11.0. The van der Waals surface area contributed by atoms with Crippen molar-refractivity contribution < 1.29 is 9.59 Å². The molecule has 166 valence electrons. The maximum absolute atomic E-state index is 11.7. The number of rotatable bonds is 7. The molecule has 0 saturated carbocycles. The van der Waals surface area contributed by atoms with Crippen molar-refractivity contribution in [1.29, 1.82) is 0 Å². The number of ketones is 2. The van der Waals surface area contributed by atoms with E-state index in [1.54, 1.807) is 18.2 Å². The van der Waals surface area contributed by atoms with Gasteiger partial charge in [-0.25, -0.2) is 0 Å². The van der Waals surface area contributed by atoms with Crippen molar-refractivity contribution in [1.82, 2.24) is 0 Å². The highest BCUT2D eigenvalue weighted by atomic mass is 16.1. The zero-order chi connectivity index (χ0) is 23.8. The highest BCUT2D eigenvalue weighted by Crippen LogP contribution is 2.06. The molecule has 0 N–H and O–H groups in total. The molecule has 0 amide bonds. The summed E-state index contributed by atoms with van der Waals surface area (Å²) in [6.07, 6.45) is 10.2. The lowest BCUT2D eigenvalue weighted by Gasteiger charge is -1.94. The highest BCUT2D eigenvalue weighted by molar-refractivity contribution is 6.06. The molecule has 0 aliphatic carbocycles. The Morgan fingerprint density at radius 2 is 0.735 bits per heavy atom. The summed E-state index contributed by atoms with van der Waals surface area (Å²) in [5, 5.41) is 0. The van der Waals surface area contributed by atoms with Gasteiger partial charge in [0.2, 0.25) is 0 Å². The Labute approximate surface area is 201 Å². The summed E-state index contributed by atoms with van der Waals surface area (Å²) < 4.78 is 0. The molecule has 4 rings (SSSR count). The Bertz CT molecular complexity index is 1190. The predicted octanol–water partition coefficient (Wildman–Crippen LogP) is 7.57. The highest BCUT2D eigenvalue weighted by Gasteiger charge is 1.98. The molecule has 0 spiro atoms. The van der Waals surface area contributed by atoms with E-state index in [2.05, 4.69) is 0 Å². The molecule has 0 radical (unpaired) electrons. The summed E-state index contributed by atoms with van der Waals surface area (Å²) in [7, 11) is 0. The topological polar surface area (TPSA) is 34.1 Å². The first-order valence-corrected chi connectivity index (χ1v) is 11.0. The van der Waals surface area contributed by atoms with Crippen LogP contribution in [-0.2, 0) is 4.79 Å². The monoisotopic (exact) mass is 442 g/mol. The van der Waals surface area contributed by atoms with Crippen LogP contribution in [-0.4, -0.2) is 11.6 Å². The first-order chi connectivity index (χ1) is 16.7. The van der Waals surface area contributed by atoms with E-state index in [0.29, 0.717) is 0 Å². The van der Waals surface area contributed by atoms with Gasteiger partial charge in [-0.15, -0.1) is 0 Å². The van der Waals surface area contributed by atoms with Crippen molar-refractivity contribution in [3.8, 4) is 0 Å². The van der Waals surface area contributed by atoms with Gasteiger partial charge in [0.1, 0.15) is 0 Å². The fraction of sp³-hybridized carbons (Fsp3) is 0. The van der Waals surface area contributed by atoms with Crippen molar-refractivity contribution in [2.75, 3.05) is 0 Å². The molecule has 0 bridgehead atoms. The predicted molar refractivity (Wildman–Crippen MR) is 142 cm³/mol. The summed E-state index contributed by atoms with van der Waals surface area (Å²) in [6.45, 7) is 0. The van der Waals surface area contributed by atoms with Gasteiger partial charge in [0.05, 0.1) is 0 Å². The minimum atomic E-state index is -0.0114. The van der Waals surface area contributed by atoms with E-state index in [9.17, 15) is 9.59 Å². The van der Waals surface area contributed by atoms with Gasteiger partial charge < -0.3 is 0 Å². The van der Waals surface area contributed by atoms with Gasteiger partial charge in [-0.3, -0.25) is 9.59 Å². The Morgan fingerprint density at radius 1 is 0.412 bits per heavy atom. The summed E-state index contributed by atoms with van der Waals surface area (Å²) >= 11 is 0. The molecular weight excluding hydrogens is 416 g/mol. The van der Waals surface area contributed by atoms with Crippen LogP contribution in [0.5, 0.6) is 0 Å². The van der Waals surface area contributed by atoms with Crippen molar-refractivity contribution in [3.63, 3.8) is 0 Å². The van der Waals surface area contributed by atoms with E-state index in [-0.39, 0.29) is 11.6 Å². The third-order valence-corrected chi connectivity index (χ3v) is 4.76. The van der Waals surface area contributed by atoms with Gasteiger partial charge in [-0.2, -0.15) is 0 Å². The smallest absolute Gasteiger partial charge is 0.185 e. The van der Waals surface area contributed by atoms with Gasteiger partial charge in [-0.1, -0.05) is 140 Å². The van der Waals surface area contributed by atoms with Crippen LogP contribution in [0, 0.1) is 0 Å². The minimum Gasteiger partial charge on any atom is -0.290 e. The van der Waals surface area contributed by atoms with E-state index in [4.69, 9.17) is 0 Å². The number of hydrogen-bond acceptors (Lipinski definition) is 2. The van der Waals surface area contributed by atoms with Crippen LogP contribution in [0.2, 0.25) is 0 Å². The van der Waals surface area contributed by atoms with Crippen LogP contribution in [0.1, 0.15) is 27.0 Å². The van der Waals surface area contributed by atoms with E-state index in [1.807, 2.05) is 140 Å². The molecule has 4 aromatic carbocycles.